The largest absolute Gasteiger partial charge is 0.477 e. The van der Waals surface area contributed by atoms with Crippen molar-refractivity contribution in [2.24, 2.45) is 0 Å². The van der Waals surface area contributed by atoms with Gasteiger partial charge in [0, 0.05) is 29.3 Å². The summed E-state index contributed by atoms with van der Waals surface area (Å²) < 4.78 is 1.87. The molecule has 1 N–H and O–H groups in total. The number of fused-ring (bicyclic) bond motifs is 1. The van der Waals surface area contributed by atoms with Gasteiger partial charge in [0.2, 0.25) is 0 Å². The van der Waals surface area contributed by atoms with E-state index in [2.05, 4.69) is 24.3 Å². The third-order valence-electron chi connectivity index (χ3n) is 3.58. The lowest BCUT2D eigenvalue weighted by atomic mass is 10.0. The highest BCUT2D eigenvalue weighted by Crippen LogP contribution is 2.40. The van der Waals surface area contributed by atoms with Crippen molar-refractivity contribution < 1.29 is 9.90 Å². The van der Waals surface area contributed by atoms with Gasteiger partial charge in [-0.2, -0.15) is 0 Å². The van der Waals surface area contributed by atoms with Crippen molar-refractivity contribution in [1.29, 1.82) is 0 Å². The maximum absolute atomic E-state index is 11.3. The highest BCUT2D eigenvalue weighted by atomic mass is 32.2. The van der Waals surface area contributed by atoms with E-state index >= 15 is 0 Å². The van der Waals surface area contributed by atoms with Gasteiger partial charge in [-0.1, -0.05) is 18.2 Å². The van der Waals surface area contributed by atoms with Gasteiger partial charge >= 0.3 is 5.97 Å². The average Bonchev–Trinajstić information content (AvgIpc) is 2.95. The summed E-state index contributed by atoms with van der Waals surface area (Å²) in [4.78, 5) is 12.6. The summed E-state index contributed by atoms with van der Waals surface area (Å²) in [5.74, 6) is 0.572. The maximum atomic E-state index is 11.3. The number of thioether (sulfide) groups is 1. The predicted molar refractivity (Wildman–Crippen MR) is 76.0 cm³/mol. The van der Waals surface area contributed by atoms with Crippen molar-refractivity contribution in [3.05, 3.63) is 53.3 Å². The van der Waals surface area contributed by atoms with Crippen molar-refractivity contribution >= 4 is 17.7 Å². The molecule has 0 radical (unpaired) electrons. The number of carbonyl (C=O) groups is 1. The molecule has 1 aromatic carbocycles. The smallest absolute Gasteiger partial charge is 0.352 e. The van der Waals surface area contributed by atoms with Crippen LogP contribution in [0.1, 0.15) is 27.5 Å². The number of nitrogens with zero attached hydrogens (tertiary/aromatic N) is 1. The van der Waals surface area contributed by atoms with Gasteiger partial charge in [0.1, 0.15) is 5.69 Å². The summed E-state index contributed by atoms with van der Waals surface area (Å²) in [7, 11) is 0. The number of benzene rings is 1. The van der Waals surface area contributed by atoms with Crippen LogP contribution in [-0.4, -0.2) is 21.4 Å². The lowest BCUT2D eigenvalue weighted by molar-refractivity contribution is 0.0684. The van der Waals surface area contributed by atoms with E-state index in [0.29, 0.717) is 11.6 Å². The third kappa shape index (κ3) is 2.16. The van der Waals surface area contributed by atoms with Crippen LogP contribution in [0.4, 0.5) is 0 Å². The fourth-order valence-electron chi connectivity index (χ4n) is 2.64. The Morgan fingerprint density at radius 2 is 2.21 bits per heavy atom. The number of hydrogen-bond acceptors (Lipinski definition) is 2. The molecule has 2 heterocycles. The van der Waals surface area contributed by atoms with E-state index in [1.807, 2.05) is 35.5 Å². The van der Waals surface area contributed by atoms with Crippen molar-refractivity contribution in [2.75, 3.05) is 5.75 Å². The molecular formula is C15H15NO2S. The van der Waals surface area contributed by atoms with Crippen molar-refractivity contribution in [2.45, 2.75) is 24.3 Å². The van der Waals surface area contributed by atoms with E-state index in [1.54, 1.807) is 0 Å². The van der Waals surface area contributed by atoms with Crippen LogP contribution < -0.4 is 0 Å². The summed E-state index contributed by atoms with van der Waals surface area (Å²) in [6.45, 7) is 2.58. The van der Waals surface area contributed by atoms with Crippen LogP contribution in [0.2, 0.25) is 0 Å². The summed E-state index contributed by atoms with van der Waals surface area (Å²) >= 11 is 1.86. The van der Waals surface area contributed by atoms with Gasteiger partial charge < -0.3 is 9.67 Å². The van der Waals surface area contributed by atoms with Crippen molar-refractivity contribution in [3.63, 3.8) is 0 Å². The molecular weight excluding hydrogens is 258 g/mol. The normalized spacial score (nSPS) is 17.4. The summed E-state index contributed by atoms with van der Waals surface area (Å²) in [5, 5.41) is 9.28. The van der Waals surface area contributed by atoms with E-state index in [0.717, 1.165) is 17.9 Å². The van der Waals surface area contributed by atoms with Crippen LogP contribution in [0.15, 0.2) is 41.4 Å². The third-order valence-corrected chi connectivity index (χ3v) is 4.84. The highest BCUT2D eigenvalue weighted by molar-refractivity contribution is 7.99. The van der Waals surface area contributed by atoms with Crippen LogP contribution in [0.25, 0.3) is 0 Å². The molecule has 0 saturated carbocycles. The van der Waals surface area contributed by atoms with Crippen LogP contribution in [-0.2, 0) is 6.54 Å². The molecule has 0 bridgehead atoms. The number of aromatic nitrogens is 1. The molecule has 1 atom stereocenters. The molecule has 0 fully saturated rings. The predicted octanol–water partition coefficient (Wildman–Crippen LogP) is 3.38. The highest BCUT2D eigenvalue weighted by Gasteiger charge is 2.24. The number of hydrogen-bond donors (Lipinski definition) is 1. The van der Waals surface area contributed by atoms with E-state index in [4.69, 9.17) is 0 Å². The van der Waals surface area contributed by atoms with Gasteiger partial charge in [-0.15, -0.1) is 11.8 Å². The first kappa shape index (κ1) is 12.4. The fourth-order valence-corrected chi connectivity index (χ4v) is 3.89. The number of aryl methyl sites for hydroxylation is 1. The second kappa shape index (κ2) is 4.78. The minimum atomic E-state index is -0.846. The first-order chi connectivity index (χ1) is 9.16. The van der Waals surface area contributed by atoms with Gasteiger partial charge in [0.15, 0.2) is 0 Å². The monoisotopic (exact) mass is 273 g/mol. The molecule has 1 aliphatic rings. The first-order valence-corrected chi connectivity index (χ1v) is 7.26. The Morgan fingerprint density at radius 1 is 1.42 bits per heavy atom. The van der Waals surface area contributed by atoms with Gasteiger partial charge in [-0.05, 0) is 30.2 Å². The minimum absolute atomic E-state index is 0.395. The lowest BCUT2D eigenvalue weighted by Crippen LogP contribution is -2.14. The molecule has 0 spiro atoms. The van der Waals surface area contributed by atoms with Crippen molar-refractivity contribution in [1.82, 2.24) is 4.57 Å². The lowest BCUT2D eigenvalue weighted by Gasteiger charge is -2.14. The molecule has 1 aliphatic heterocycles. The van der Waals surface area contributed by atoms with Crippen LogP contribution in [0, 0.1) is 6.92 Å². The molecule has 1 unspecified atom stereocenters. The number of rotatable bonds is 3. The Morgan fingerprint density at radius 3 is 3.00 bits per heavy atom. The Balaban J connectivity index is 1.90. The second-order valence-electron chi connectivity index (χ2n) is 4.85. The van der Waals surface area contributed by atoms with Crippen LogP contribution in [0.3, 0.4) is 0 Å². The van der Waals surface area contributed by atoms with Gasteiger partial charge in [-0.25, -0.2) is 4.79 Å². The molecule has 98 valence electrons. The van der Waals surface area contributed by atoms with E-state index in [9.17, 15) is 9.90 Å². The zero-order valence-corrected chi connectivity index (χ0v) is 11.5. The SMILES string of the molecule is Cc1ccn(CC2CSc3ccccc32)c1C(=O)O. The summed E-state index contributed by atoms with van der Waals surface area (Å²) in [5.41, 5.74) is 2.58. The molecule has 0 saturated heterocycles. The summed E-state index contributed by atoms with van der Waals surface area (Å²) in [6, 6.07) is 10.3. The van der Waals surface area contributed by atoms with E-state index < -0.39 is 5.97 Å². The van der Waals surface area contributed by atoms with Gasteiger partial charge in [0.25, 0.3) is 0 Å². The van der Waals surface area contributed by atoms with Crippen LogP contribution >= 0.6 is 11.8 Å². The maximum Gasteiger partial charge on any atom is 0.352 e. The molecule has 19 heavy (non-hydrogen) atoms. The molecule has 4 heteroatoms. The topological polar surface area (TPSA) is 42.2 Å². The molecule has 1 aromatic heterocycles. The average molecular weight is 273 g/mol. The Kier molecular flexibility index (Phi) is 3.11. The molecule has 0 amide bonds. The van der Waals surface area contributed by atoms with E-state index in [1.165, 1.54) is 10.5 Å². The Hall–Kier alpha value is -1.68. The van der Waals surface area contributed by atoms with E-state index in [-0.39, 0.29) is 0 Å². The zero-order chi connectivity index (χ0) is 13.4. The first-order valence-electron chi connectivity index (χ1n) is 6.27. The second-order valence-corrected chi connectivity index (χ2v) is 5.91. The number of carboxylic acid groups (broad SMARTS) is 1. The van der Waals surface area contributed by atoms with Gasteiger partial charge in [-0.3, -0.25) is 0 Å². The molecule has 3 nitrogen and oxygen atoms in total. The molecule has 0 aliphatic carbocycles. The molecule has 2 aromatic rings. The zero-order valence-electron chi connectivity index (χ0n) is 10.7. The Labute approximate surface area is 116 Å². The van der Waals surface area contributed by atoms with Gasteiger partial charge in [0.05, 0.1) is 0 Å². The standard InChI is InChI=1S/C15H15NO2S/c1-10-6-7-16(14(10)15(17)18)8-11-9-19-13-5-3-2-4-12(11)13/h2-7,11H,8-9H2,1H3,(H,17,18). The fraction of sp³-hybridized carbons (Fsp3) is 0.267. The Bertz CT molecular complexity index is 633. The minimum Gasteiger partial charge on any atom is -0.477 e. The molecule has 3 rings (SSSR count). The van der Waals surface area contributed by atoms with Crippen LogP contribution in [0.5, 0.6) is 0 Å². The number of carboxylic acids is 1. The van der Waals surface area contributed by atoms with Crippen molar-refractivity contribution in [3.8, 4) is 0 Å². The quantitative estimate of drug-likeness (QED) is 0.932. The summed E-state index contributed by atoms with van der Waals surface area (Å²) in [6.07, 6.45) is 1.88. The number of aromatic carboxylic acids is 1.